The van der Waals surface area contributed by atoms with Gasteiger partial charge in [0.1, 0.15) is 5.58 Å². The van der Waals surface area contributed by atoms with Gasteiger partial charge in [-0.3, -0.25) is 0 Å². The molecule has 0 bridgehead atoms. The molecular weight excluding hydrogens is 166 g/mol. The van der Waals surface area contributed by atoms with E-state index in [1.807, 2.05) is 6.92 Å². The lowest BCUT2D eigenvalue weighted by atomic mass is 10.1. The summed E-state index contributed by atoms with van der Waals surface area (Å²) in [5.41, 5.74) is 7.43. The van der Waals surface area contributed by atoms with Crippen LogP contribution in [0.5, 0.6) is 0 Å². The molecule has 2 aromatic rings. The minimum Gasteiger partial charge on any atom is -0.423 e. The van der Waals surface area contributed by atoms with E-state index in [2.05, 4.69) is 0 Å². The van der Waals surface area contributed by atoms with Gasteiger partial charge in [-0.05, 0) is 30.7 Å². The summed E-state index contributed by atoms with van der Waals surface area (Å²) in [6.45, 7) is 1.86. The minimum atomic E-state index is -0.324. The number of aryl methyl sites for hydroxylation is 1. The van der Waals surface area contributed by atoms with Crippen LogP contribution in [0.1, 0.15) is 5.56 Å². The molecule has 1 aromatic carbocycles. The standard InChI is InChI=1S/C10H9NO2/c1-6-4-10(12)13-9-3-2-7(11)5-8(6)9/h2-5H,11H2,1H3. The van der Waals surface area contributed by atoms with Crippen molar-refractivity contribution in [3.63, 3.8) is 0 Å². The van der Waals surface area contributed by atoms with Gasteiger partial charge in [0, 0.05) is 17.1 Å². The summed E-state index contributed by atoms with van der Waals surface area (Å²) in [6.07, 6.45) is 0. The molecule has 0 aliphatic rings. The zero-order valence-corrected chi connectivity index (χ0v) is 7.20. The smallest absolute Gasteiger partial charge is 0.336 e. The highest BCUT2D eigenvalue weighted by molar-refractivity contribution is 5.83. The lowest BCUT2D eigenvalue weighted by Gasteiger charge is -2.00. The van der Waals surface area contributed by atoms with Gasteiger partial charge in [0.15, 0.2) is 0 Å². The lowest BCUT2D eigenvalue weighted by Crippen LogP contribution is -1.98. The monoisotopic (exact) mass is 175 g/mol. The number of fused-ring (bicyclic) bond motifs is 1. The molecule has 0 saturated carbocycles. The van der Waals surface area contributed by atoms with Gasteiger partial charge in [-0.25, -0.2) is 4.79 Å². The molecule has 0 aliphatic heterocycles. The largest absolute Gasteiger partial charge is 0.423 e. The van der Waals surface area contributed by atoms with E-state index in [9.17, 15) is 4.79 Å². The molecule has 2 rings (SSSR count). The molecule has 0 fully saturated rings. The Morgan fingerprint density at radius 2 is 2.08 bits per heavy atom. The summed E-state index contributed by atoms with van der Waals surface area (Å²) < 4.78 is 4.99. The molecule has 1 aromatic heterocycles. The zero-order valence-electron chi connectivity index (χ0n) is 7.20. The van der Waals surface area contributed by atoms with Crippen molar-refractivity contribution < 1.29 is 4.42 Å². The van der Waals surface area contributed by atoms with E-state index in [0.717, 1.165) is 10.9 Å². The Bertz CT molecular complexity index is 514. The van der Waals surface area contributed by atoms with Crippen LogP contribution in [0.4, 0.5) is 5.69 Å². The third-order valence-corrected chi connectivity index (χ3v) is 1.97. The van der Waals surface area contributed by atoms with Crippen molar-refractivity contribution in [1.29, 1.82) is 0 Å². The van der Waals surface area contributed by atoms with Crippen LogP contribution in [0.2, 0.25) is 0 Å². The van der Waals surface area contributed by atoms with E-state index in [1.54, 1.807) is 18.2 Å². The first-order valence-electron chi connectivity index (χ1n) is 3.97. The SMILES string of the molecule is Cc1cc(=O)oc2ccc(N)cc12. The quantitative estimate of drug-likeness (QED) is 0.489. The molecule has 3 heteroatoms. The first kappa shape index (κ1) is 7.86. The summed E-state index contributed by atoms with van der Waals surface area (Å²) in [5, 5.41) is 0.889. The predicted octanol–water partition coefficient (Wildman–Crippen LogP) is 1.68. The van der Waals surface area contributed by atoms with E-state index in [-0.39, 0.29) is 5.63 Å². The van der Waals surface area contributed by atoms with Crippen LogP contribution in [0.15, 0.2) is 33.5 Å². The van der Waals surface area contributed by atoms with Gasteiger partial charge >= 0.3 is 5.63 Å². The molecule has 0 atom stereocenters. The number of rotatable bonds is 0. The van der Waals surface area contributed by atoms with E-state index in [0.29, 0.717) is 11.3 Å². The number of hydrogen-bond donors (Lipinski definition) is 1. The summed E-state index contributed by atoms with van der Waals surface area (Å²) in [4.78, 5) is 11.0. The van der Waals surface area contributed by atoms with Gasteiger partial charge in [0.05, 0.1) is 0 Å². The fourth-order valence-corrected chi connectivity index (χ4v) is 1.34. The number of benzene rings is 1. The molecule has 3 nitrogen and oxygen atoms in total. The molecule has 0 radical (unpaired) electrons. The summed E-state index contributed by atoms with van der Waals surface area (Å²) in [6, 6.07) is 6.68. The van der Waals surface area contributed by atoms with Gasteiger partial charge < -0.3 is 10.2 Å². The Hall–Kier alpha value is -1.77. The molecule has 0 saturated heterocycles. The van der Waals surface area contributed by atoms with Crippen LogP contribution in [-0.4, -0.2) is 0 Å². The summed E-state index contributed by atoms with van der Waals surface area (Å²) in [7, 11) is 0. The molecule has 0 amide bonds. The molecule has 13 heavy (non-hydrogen) atoms. The van der Waals surface area contributed by atoms with Crippen LogP contribution in [0, 0.1) is 6.92 Å². The third kappa shape index (κ3) is 1.28. The number of hydrogen-bond acceptors (Lipinski definition) is 3. The van der Waals surface area contributed by atoms with Crippen LogP contribution in [0.25, 0.3) is 11.0 Å². The van der Waals surface area contributed by atoms with Crippen molar-refractivity contribution in [3.8, 4) is 0 Å². The topological polar surface area (TPSA) is 56.2 Å². The van der Waals surface area contributed by atoms with Crippen LogP contribution < -0.4 is 11.4 Å². The first-order chi connectivity index (χ1) is 6.16. The van der Waals surface area contributed by atoms with Crippen molar-refractivity contribution in [2.24, 2.45) is 0 Å². The summed E-state index contributed by atoms with van der Waals surface area (Å²) >= 11 is 0. The molecule has 66 valence electrons. The second kappa shape index (κ2) is 2.62. The Kier molecular flexibility index (Phi) is 1.59. The van der Waals surface area contributed by atoms with Gasteiger partial charge in [-0.15, -0.1) is 0 Å². The number of nitrogens with two attached hydrogens (primary N) is 1. The molecule has 0 spiro atoms. The van der Waals surface area contributed by atoms with Gasteiger partial charge in [-0.1, -0.05) is 0 Å². The Labute approximate surface area is 74.8 Å². The molecule has 1 heterocycles. The van der Waals surface area contributed by atoms with Crippen molar-refractivity contribution in [1.82, 2.24) is 0 Å². The van der Waals surface area contributed by atoms with Crippen molar-refractivity contribution >= 4 is 16.7 Å². The highest BCUT2D eigenvalue weighted by atomic mass is 16.4. The maximum Gasteiger partial charge on any atom is 0.336 e. The number of nitrogen functional groups attached to an aromatic ring is 1. The summed E-state index contributed by atoms with van der Waals surface area (Å²) in [5.74, 6) is 0. The normalized spacial score (nSPS) is 10.5. The fourth-order valence-electron chi connectivity index (χ4n) is 1.34. The van der Waals surface area contributed by atoms with Gasteiger partial charge in [0.2, 0.25) is 0 Å². The highest BCUT2D eigenvalue weighted by Crippen LogP contribution is 2.18. The van der Waals surface area contributed by atoms with Crippen LogP contribution in [0.3, 0.4) is 0 Å². The third-order valence-electron chi connectivity index (χ3n) is 1.97. The fraction of sp³-hybridized carbons (Fsp3) is 0.100. The molecule has 0 unspecified atom stereocenters. The Morgan fingerprint density at radius 3 is 2.85 bits per heavy atom. The average Bonchev–Trinajstić information content (AvgIpc) is 2.06. The van der Waals surface area contributed by atoms with E-state index >= 15 is 0 Å². The predicted molar refractivity (Wildman–Crippen MR) is 51.6 cm³/mol. The van der Waals surface area contributed by atoms with E-state index in [1.165, 1.54) is 6.07 Å². The van der Waals surface area contributed by atoms with Gasteiger partial charge in [-0.2, -0.15) is 0 Å². The van der Waals surface area contributed by atoms with E-state index < -0.39 is 0 Å². The Balaban J connectivity index is 2.95. The second-order valence-corrected chi connectivity index (χ2v) is 3.00. The second-order valence-electron chi connectivity index (χ2n) is 3.00. The van der Waals surface area contributed by atoms with Crippen molar-refractivity contribution in [2.45, 2.75) is 6.92 Å². The maximum atomic E-state index is 11.0. The molecule has 0 aliphatic carbocycles. The first-order valence-corrected chi connectivity index (χ1v) is 3.97. The van der Waals surface area contributed by atoms with E-state index in [4.69, 9.17) is 10.2 Å². The average molecular weight is 175 g/mol. The minimum absolute atomic E-state index is 0.324. The van der Waals surface area contributed by atoms with Crippen molar-refractivity contribution in [3.05, 3.63) is 40.2 Å². The number of anilines is 1. The van der Waals surface area contributed by atoms with Crippen molar-refractivity contribution in [2.75, 3.05) is 5.73 Å². The zero-order chi connectivity index (χ0) is 9.42. The van der Waals surface area contributed by atoms with Crippen LogP contribution >= 0.6 is 0 Å². The maximum absolute atomic E-state index is 11.0. The van der Waals surface area contributed by atoms with Gasteiger partial charge in [0.25, 0.3) is 0 Å². The molecular formula is C10H9NO2. The lowest BCUT2D eigenvalue weighted by molar-refractivity contribution is 0.560. The Morgan fingerprint density at radius 1 is 1.31 bits per heavy atom. The highest BCUT2D eigenvalue weighted by Gasteiger charge is 2.01. The molecule has 2 N–H and O–H groups in total. The van der Waals surface area contributed by atoms with Crippen LogP contribution in [-0.2, 0) is 0 Å².